The van der Waals surface area contributed by atoms with E-state index in [4.69, 9.17) is 9.47 Å². The Balaban J connectivity index is 1.30. The van der Waals surface area contributed by atoms with Gasteiger partial charge in [0.05, 0.1) is 18.3 Å². The van der Waals surface area contributed by atoms with Gasteiger partial charge in [0.15, 0.2) is 0 Å². The maximum atomic E-state index is 14.5. The summed E-state index contributed by atoms with van der Waals surface area (Å²) in [6.45, 7) is 13.1. The first kappa shape index (κ1) is 37.4. The highest BCUT2D eigenvalue weighted by molar-refractivity contribution is 7.91. The van der Waals surface area contributed by atoms with Gasteiger partial charge in [0, 0.05) is 18.9 Å². The lowest BCUT2D eigenvalue weighted by Gasteiger charge is -2.36. The van der Waals surface area contributed by atoms with Gasteiger partial charge in [-0.3, -0.25) is 24.0 Å². The number of alkyl carbamates (subject to hydrolysis) is 1. The molecule has 3 N–H and O–H groups in total. The van der Waals surface area contributed by atoms with Crippen LogP contribution >= 0.6 is 0 Å². The minimum absolute atomic E-state index is 0.0940. The van der Waals surface area contributed by atoms with Crippen LogP contribution in [0.4, 0.5) is 9.59 Å². The lowest BCUT2D eigenvalue weighted by molar-refractivity contribution is -0.143. The Morgan fingerprint density at radius 2 is 1.85 bits per heavy atom. The van der Waals surface area contributed by atoms with Crippen LogP contribution in [0.15, 0.2) is 36.9 Å². The summed E-state index contributed by atoms with van der Waals surface area (Å²) in [6.07, 6.45) is 5.18. The summed E-state index contributed by atoms with van der Waals surface area (Å²) in [5.41, 5.74) is -0.377. The highest BCUT2D eigenvalue weighted by Gasteiger charge is 2.62. The number of benzene rings is 1. The highest BCUT2D eigenvalue weighted by atomic mass is 32.2. The van der Waals surface area contributed by atoms with Gasteiger partial charge in [-0.1, -0.05) is 57.2 Å². The molecule has 1 saturated heterocycles. The maximum absolute atomic E-state index is 14.5. The number of nitrogens with one attached hydrogen (secondary N) is 3. The largest absolute Gasteiger partial charge is 0.444 e. The molecule has 282 valence electrons. The predicted molar refractivity (Wildman–Crippen MR) is 191 cm³/mol. The van der Waals surface area contributed by atoms with Crippen molar-refractivity contribution in [2.75, 3.05) is 6.54 Å². The SMILES string of the molecule is C=C[C@@H]1C[C@@]1(NC(=O)[C@@H]1C[C@@H]2CN1C(=O)[C@H](C(C)(C)C)NC(=O)OC(C)(C)CC/C=C/c1cccc3c1CN(C3)C(=O)O2)C(=O)NS(=O)(=O)C1CC1. The van der Waals surface area contributed by atoms with E-state index in [0.29, 0.717) is 38.8 Å². The van der Waals surface area contributed by atoms with Gasteiger partial charge in [-0.15, -0.1) is 6.58 Å². The van der Waals surface area contributed by atoms with Crippen LogP contribution in [-0.4, -0.2) is 89.2 Å². The number of sulfonamides is 1. The van der Waals surface area contributed by atoms with Gasteiger partial charge < -0.3 is 25.0 Å². The molecule has 0 unspecified atom stereocenters. The number of ether oxygens (including phenoxy) is 2. The molecule has 3 fully saturated rings. The van der Waals surface area contributed by atoms with Gasteiger partial charge in [-0.2, -0.15) is 0 Å². The number of allylic oxidation sites excluding steroid dienone is 1. The number of cyclic esters (lactones) is 1. The molecule has 0 radical (unpaired) electrons. The molecule has 1 aromatic rings. The number of hydrogen-bond donors (Lipinski definition) is 3. The Kier molecular flexibility index (Phi) is 9.73. The van der Waals surface area contributed by atoms with Crippen molar-refractivity contribution in [2.45, 2.75) is 121 Å². The molecule has 5 atom stereocenters. The molecule has 0 spiro atoms. The average Bonchev–Trinajstić information content (AvgIpc) is 3.94. The molecule has 14 nitrogen and oxygen atoms in total. The zero-order valence-electron chi connectivity index (χ0n) is 30.4. The van der Waals surface area contributed by atoms with Crippen LogP contribution in [0, 0.1) is 11.3 Å². The summed E-state index contributed by atoms with van der Waals surface area (Å²) < 4.78 is 39.2. The fourth-order valence-electron chi connectivity index (χ4n) is 7.25. The molecule has 1 aromatic carbocycles. The third kappa shape index (κ3) is 7.69. The fraction of sp³-hybridized carbons (Fsp3) is 0.595. The molecule has 0 aromatic heterocycles. The summed E-state index contributed by atoms with van der Waals surface area (Å²) in [5, 5.41) is 4.82. The van der Waals surface area contributed by atoms with Crippen LogP contribution in [-0.2, 0) is 47.0 Å². The zero-order valence-corrected chi connectivity index (χ0v) is 31.2. The summed E-state index contributed by atoms with van der Waals surface area (Å²) in [7, 11) is -3.91. The molecular weight excluding hydrogens is 691 g/mol. The van der Waals surface area contributed by atoms with E-state index in [1.807, 2.05) is 30.4 Å². The van der Waals surface area contributed by atoms with Gasteiger partial charge in [0.2, 0.25) is 21.8 Å². The Hall–Kier alpha value is -4.40. The van der Waals surface area contributed by atoms with Crippen molar-refractivity contribution in [1.29, 1.82) is 0 Å². The molecule has 5 aliphatic rings. The van der Waals surface area contributed by atoms with E-state index in [2.05, 4.69) is 21.9 Å². The molecule has 4 bridgehead atoms. The zero-order chi connectivity index (χ0) is 37.8. The number of carbonyl (C=O) groups excluding carboxylic acids is 5. The second kappa shape index (κ2) is 13.5. The minimum Gasteiger partial charge on any atom is -0.444 e. The molecule has 52 heavy (non-hydrogen) atoms. The van der Waals surface area contributed by atoms with Crippen LogP contribution in [0.5, 0.6) is 0 Å². The van der Waals surface area contributed by atoms with Crippen LogP contribution in [0.3, 0.4) is 0 Å². The van der Waals surface area contributed by atoms with Gasteiger partial charge in [-0.25, -0.2) is 18.0 Å². The molecule has 3 aliphatic heterocycles. The topological polar surface area (TPSA) is 181 Å². The van der Waals surface area contributed by atoms with Crippen molar-refractivity contribution in [2.24, 2.45) is 11.3 Å². The first-order valence-corrected chi connectivity index (χ1v) is 19.4. The molecule has 2 aliphatic carbocycles. The molecule has 6 rings (SSSR count). The Labute approximate surface area is 304 Å². The van der Waals surface area contributed by atoms with E-state index in [1.54, 1.807) is 39.5 Å². The number of nitrogens with zero attached hydrogens (tertiary/aromatic N) is 2. The van der Waals surface area contributed by atoms with Crippen LogP contribution in [0.25, 0.3) is 6.08 Å². The molecule has 2 saturated carbocycles. The summed E-state index contributed by atoms with van der Waals surface area (Å²) in [4.78, 5) is 71.9. The number of fused-ring (bicyclic) bond motifs is 3. The van der Waals surface area contributed by atoms with E-state index >= 15 is 0 Å². The maximum Gasteiger partial charge on any atom is 0.410 e. The van der Waals surface area contributed by atoms with Crippen molar-refractivity contribution >= 4 is 46.0 Å². The van der Waals surface area contributed by atoms with E-state index < -0.39 is 85.8 Å². The van der Waals surface area contributed by atoms with Crippen LogP contribution in [0.2, 0.25) is 0 Å². The lowest BCUT2D eigenvalue weighted by atomic mass is 9.85. The number of amides is 5. The average molecular weight is 740 g/mol. The quantitative estimate of drug-likeness (QED) is 0.368. The van der Waals surface area contributed by atoms with Gasteiger partial charge in [0.25, 0.3) is 5.91 Å². The van der Waals surface area contributed by atoms with Crippen molar-refractivity contribution < 1.29 is 41.9 Å². The van der Waals surface area contributed by atoms with Crippen molar-refractivity contribution in [3.8, 4) is 0 Å². The fourth-order valence-corrected chi connectivity index (χ4v) is 8.61. The molecule has 3 heterocycles. The summed E-state index contributed by atoms with van der Waals surface area (Å²) in [5.74, 6) is -2.74. The standard InChI is InChI=1S/C37H49N5O9S/c1-7-24-18-37(24,32(45)40-52(48,49)26-14-15-26)39-30(43)28-17-25-20-42(28)31(44)29(35(2,3)4)38-33(46)51-36(5,6)16-9-8-11-22-12-10-13-23-19-41(21-27(22)23)34(47)50-25/h7-8,10-13,24-26,28-29H,1,9,14-21H2,2-6H3,(H,38,46)(H,39,43)(H,40,45)/b11-8+/t24-,25-,28+,29-,37+/m1/s1. The van der Waals surface area contributed by atoms with Gasteiger partial charge in [-0.05, 0) is 68.1 Å². The van der Waals surface area contributed by atoms with Crippen LogP contribution < -0.4 is 15.4 Å². The van der Waals surface area contributed by atoms with E-state index in [1.165, 1.54) is 11.0 Å². The summed E-state index contributed by atoms with van der Waals surface area (Å²) in [6, 6.07) is 3.48. The Bertz CT molecular complexity index is 1810. The van der Waals surface area contributed by atoms with Crippen LogP contribution in [0.1, 0.15) is 89.8 Å². The third-order valence-electron chi connectivity index (χ3n) is 10.6. The van der Waals surface area contributed by atoms with Crippen molar-refractivity contribution in [1.82, 2.24) is 25.2 Å². The second-order valence-electron chi connectivity index (χ2n) is 16.3. The lowest BCUT2D eigenvalue weighted by Crippen LogP contribution is -2.60. The van der Waals surface area contributed by atoms with E-state index in [9.17, 15) is 32.4 Å². The Morgan fingerprint density at radius 3 is 2.50 bits per heavy atom. The predicted octanol–water partition coefficient (Wildman–Crippen LogP) is 3.50. The first-order valence-electron chi connectivity index (χ1n) is 17.9. The van der Waals surface area contributed by atoms with Gasteiger partial charge >= 0.3 is 12.2 Å². The summed E-state index contributed by atoms with van der Waals surface area (Å²) >= 11 is 0. The number of hydrogen-bond acceptors (Lipinski definition) is 9. The van der Waals surface area contributed by atoms with Crippen molar-refractivity contribution in [3.05, 3.63) is 53.6 Å². The van der Waals surface area contributed by atoms with E-state index in [-0.39, 0.29) is 19.4 Å². The monoisotopic (exact) mass is 739 g/mol. The second-order valence-corrected chi connectivity index (χ2v) is 18.3. The van der Waals surface area contributed by atoms with Crippen molar-refractivity contribution in [3.63, 3.8) is 0 Å². The smallest absolute Gasteiger partial charge is 0.410 e. The Morgan fingerprint density at radius 1 is 1.12 bits per heavy atom. The molecule has 15 heteroatoms. The molecular formula is C37H49N5O9S. The number of carbonyl (C=O) groups is 5. The normalized spacial score (nSPS) is 29.8. The highest BCUT2D eigenvalue weighted by Crippen LogP contribution is 2.45. The minimum atomic E-state index is -3.91. The molecule has 5 amide bonds. The number of rotatable bonds is 6. The third-order valence-corrected chi connectivity index (χ3v) is 12.4. The first-order chi connectivity index (χ1) is 24.3. The van der Waals surface area contributed by atoms with E-state index in [0.717, 1.165) is 16.7 Å². The van der Waals surface area contributed by atoms with Gasteiger partial charge in [0.1, 0.15) is 29.3 Å².